The molecule has 11 heavy (non-hydrogen) atoms. The molecule has 0 radical (unpaired) electrons. The van der Waals surface area contributed by atoms with E-state index in [1.54, 1.807) is 0 Å². The number of hydrogen-bond acceptors (Lipinski definition) is 3. The second-order valence-electron chi connectivity index (χ2n) is 2.75. The molecule has 0 aromatic carbocycles. The van der Waals surface area contributed by atoms with E-state index in [9.17, 15) is 0 Å². The average molecular weight is 179 g/mol. The first kappa shape index (κ1) is 9.26. The molecule has 0 spiro atoms. The molecule has 1 fully saturated rings. The molecule has 1 rings (SSSR count). The number of hydroxylamine groups is 2. The molecule has 1 heterocycles. The van der Waals surface area contributed by atoms with Crippen LogP contribution in [-0.2, 0) is 4.84 Å². The minimum absolute atomic E-state index is 0.576. The van der Waals surface area contributed by atoms with Crippen molar-refractivity contribution < 1.29 is 4.84 Å². The molecule has 0 unspecified atom stereocenters. The number of nitrogens with zero attached hydrogens (tertiary/aromatic N) is 2. The lowest BCUT2D eigenvalue weighted by atomic mass is 10.4. The summed E-state index contributed by atoms with van der Waals surface area (Å²) in [5, 5.41) is 1.99. The first-order valence-corrected chi connectivity index (χ1v) is 4.49. The van der Waals surface area contributed by atoms with Crippen LogP contribution in [0.5, 0.6) is 0 Å². The van der Waals surface area contributed by atoms with Crippen molar-refractivity contribution in [3.63, 3.8) is 0 Å². The Hall–Kier alpha value is 0.170. The highest BCUT2D eigenvalue weighted by atomic mass is 35.5. The Labute approximate surface area is 72.8 Å². The van der Waals surface area contributed by atoms with Crippen molar-refractivity contribution >= 4 is 11.6 Å². The van der Waals surface area contributed by atoms with Crippen molar-refractivity contribution in [1.82, 2.24) is 9.96 Å². The van der Waals surface area contributed by atoms with Gasteiger partial charge in [0.25, 0.3) is 0 Å². The summed E-state index contributed by atoms with van der Waals surface area (Å²) in [6.07, 6.45) is 0. The minimum Gasteiger partial charge on any atom is -0.304 e. The van der Waals surface area contributed by atoms with E-state index in [0.29, 0.717) is 12.5 Å². The van der Waals surface area contributed by atoms with Gasteiger partial charge in [-0.1, -0.05) is 0 Å². The van der Waals surface area contributed by atoms with Gasteiger partial charge >= 0.3 is 0 Å². The maximum atomic E-state index is 5.49. The van der Waals surface area contributed by atoms with E-state index in [4.69, 9.17) is 16.4 Å². The SMILES string of the molecule is CN1CCN(OCCCl)CC1. The van der Waals surface area contributed by atoms with Crippen LogP contribution in [0.1, 0.15) is 0 Å². The summed E-state index contributed by atoms with van der Waals surface area (Å²) in [6.45, 7) is 4.79. The zero-order valence-electron chi connectivity index (χ0n) is 6.92. The fourth-order valence-corrected chi connectivity index (χ4v) is 1.15. The van der Waals surface area contributed by atoms with Crippen molar-refractivity contribution in [2.24, 2.45) is 0 Å². The molecular weight excluding hydrogens is 164 g/mol. The van der Waals surface area contributed by atoms with Gasteiger partial charge in [-0.15, -0.1) is 11.6 Å². The third-order valence-electron chi connectivity index (χ3n) is 1.81. The van der Waals surface area contributed by atoms with E-state index < -0.39 is 0 Å². The predicted molar refractivity (Wildman–Crippen MR) is 45.7 cm³/mol. The summed E-state index contributed by atoms with van der Waals surface area (Å²) in [7, 11) is 2.12. The number of alkyl halides is 1. The Morgan fingerprint density at radius 3 is 2.45 bits per heavy atom. The molecule has 1 saturated heterocycles. The first-order chi connectivity index (χ1) is 5.33. The number of halogens is 1. The normalized spacial score (nSPS) is 22.4. The van der Waals surface area contributed by atoms with E-state index >= 15 is 0 Å². The Morgan fingerprint density at radius 2 is 1.91 bits per heavy atom. The summed E-state index contributed by atoms with van der Waals surface area (Å²) in [5.41, 5.74) is 0. The third-order valence-corrected chi connectivity index (χ3v) is 1.97. The van der Waals surface area contributed by atoms with E-state index in [1.807, 2.05) is 5.06 Å². The van der Waals surface area contributed by atoms with Crippen LogP contribution in [0.15, 0.2) is 0 Å². The molecule has 0 aromatic heterocycles. The molecule has 0 saturated carbocycles. The summed E-state index contributed by atoms with van der Waals surface area (Å²) < 4.78 is 0. The fraction of sp³-hybridized carbons (Fsp3) is 1.00. The third kappa shape index (κ3) is 3.38. The van der Waals surface area contributed by atoms with E-state index in [0.717, 1.165) is 26.2 Å². The van der Waals surface area contributed by atoms with Crippen LogP contribution >= 0.6 is 11.6 Å². The van der Waals surface area contributed by atoms with E-state index in [2.05, 4.69) is 11.9 Å². The number of piperazine rings is 1. The van der Waals surface area contributed by atoms with E-state index in [-0.39, 0.29) is 0 Å². The maximum absolute atomic E-state index is 5.49. The van der Waals surface area contributed by atoms with Gasteiger partial charge in [-0.2, -0.15) is 5.06 Å². The molecule has 3 nitrogen and oxygen atoms in total. The summed E-state index contributed by atoms with van der Waals surface area (Å²) in [5.74, 6) is 0.576. The van der Waals surface area contributed by atoms with Crippen molar-refractivity contribution in [3.05, 3.63) is 0 Å². The zero-order chi connectivity index (χ0) is 8.10. The number of hydrogen-bond donors (Lipinski definition) is 0. The van der Waals surface area contributed by atoms with Gasteiger partial charge in [0.1, 0.15) is 0 Å². The lowest BCUT2D eigenvalue weighted by Crippen LogP contribution is -2.44. The number of likely N-dealkylation sites (N-methyl/N-ethyl adjacent to an activating group) is 1. The Bertz CT molecular complexity index is 102. The Kier molecular flexibility index (Phi) is 4.15. The standard InChI is InChI=1S/C7H15ClN2O/c1-9-3-5-10(6-4-9)11-7-2-8/h2-7H2,1H3. The van der Waals surface area contributed by atoms with Crippen LogP contribution in [0.4, 0.5) is 0 Å². The van der Waals surface area contributed by atoms with Crippen molar-refractivity contribution in [2.75, 3.05) is 45.7 Å². The monoisotopic (exact) mass is 178 g/mol. The molecule has 1 aliphatic heterocycles. The van der Waals surface area contributed by atoms with Gasteiger partial charge in [0.2, 0.25) is 0 Å². The van der Waals surface area contributed by atoms with Crippen molar-refractivity contribution in [3.8, 4) is 0 Å². The molecule has 0 atom stereocenters. The minimum atomic E-state index is 0.576. The maximum Gasteiger partial charge on any atom is 0.0820 e. The molecule has 0 bridgehead atoms. The van der Waals surface area contributed by atoms with Crippen LogP contribution < -0.4 is 0 Å². The molecule has 66 valence electrons. The Morgan fingerprint density at radius 1 is 1.27 bits per heavy atom. The molecule has 0 amide bonds. The summed E-state index contributed by atoms with van der Waals surface area (Å²) in [6, 6.07) is 0. The second-order valence-corrected chi connectivity index (χ2v) is 3.13. The van der Waals surface area contributed by atoms with Crippen LogP contribution in [0.2, 0.25) is 0 Å². The lowest BCUT2D eigenvalue weighted by molar-refractivity contribution is -0.170. The molecule has 0 aliphatic carbocycles. The van der Waals surface area contributed by atoms with Crippen molar-refractivity contribution in [2.45, 2.75) is 0 Å². The largest absolute Gasteiger partial charge is 0.304 e. The van der Waals surface area contributed by atoms with Crippen LogP contribution in [0.3, 0.4) is 0 Å². The zero-order valence-corrected chi connectivity index (χ0v) is 7.68. The average Bonchev–Trinajstić information content (AvgIpc) is 2.04. The summed E-state index contributed by atoms with van der Waals surface area (Å²) >= 11 is 5.49. The van der Waals surface area contributed by atoms with Crippen molar-refractivity contribution in [1.29, 1.82) is 0 Å². The van der Waals surface area contributed by atoms with Gasteiger partial charge in [-0.05, 0) is 7.05 Å². The molecule has 0 N–H and O–H groups in total. The molecule has 4 heteroatoms. The fourth-order valence-electron chi connectivity index (χ4n) is 1.08. The van der Waals surface area contributed by atoms with Gasteiger partial charge in [0, 0.05) is 32.1 Å². The Balaban J connectivity index is 2.07. The predicted octanol–water partition coefficient (Wildman–Crippen LogP) is 0.404. The van der Waals surface area contributed by atoms with Gasteiger partial charge in [-0.25, -0.2) is 0 Å². The van der Waals surface area contributed by atoms with Gasteiger partial charge in [0.05, 0.1) is 6.61 Å². The van der Waals surface area contributed by atoms with E-state index in [1.165, 1.54) is 0 Å². The highest BCUT2D eigenvalue weighted by Gasteiger charge is 2.13. The van der Waals surface area contributed by atoms with Crippen LogP contribution in [-0.4, -0.2) is 55.7 Å². The van der Waals surface area contributed by atoms with Gasteiger partial charge < -0.3 is 4.90 Å². The van der Waals surface area contributed by atoms with Crippen LogP contribution in [0.25, 0.3) is 0 Å². The lowest BCUT2D eigenvalue weighted by Gasteiger charge is -2.31. The summed E-state index contributed by atoms with van der Waals surface area (Å²) in [4.78, 5) is 7.65. The highest BCUT2D eigenvalue weighted by Crippen LogP contribution is 1.99. The number of rotatable bonds is 3. The second kappa shape index (κ2) is 4.93. The first-order valence-electron chi connectivity index (χ1n) is 3.95. The molecule has 0 aromatic rings. The topological polar surface area (TPSA) is 15.7 Å². The van der Waals surface area contributed by atoms with Crippen LogP contribution in [0, 0.1) is 0 Å². The molecule has 1 aliphatic rings. The quantitative estimate of drug-likeness (QED) is 0.583. The van der Waals surface area contributed by atoms with Gasteiger partial charge in [0.15, 0.2) is 0 Å². The smallest absolute Gasteiger partial charge is 0.0820 e. The highest BCUT2D eigenvalue weighted by molar-refractivity contribution is 6.17. The van der Waals surface area contributed by atoms with Gasteiger partial charge in [-0.3, -0.25) is 4.84 Å². The molecular formula is C7H15ClN2O.